The van der Waals surface area contributed by atoms with Crippen molar-refractivity contribution in [2.45, 2.75) is 26.2 Å². The van der Waals surface area contributed by atoms with Crippen LogP contribution in [0.25, 0.3) is 0 Å². The summed E-state index contributed by atoms with van der Waals surface area (Å²) < 4.78 is 0. The van der Waals surface area contributed by atoms with E-state index in [1.807, 2.05) is 44.2 Å². The molecule has 0 heterocycles. The van der Waals surface area contributed by atoms with Crippen LogP contribution in [0.1, 0.15) is 40.7 Å². The predicted octanol–water partition coefficient (Wildman–Crippen LogP) is 3.83. The number of amides is 1. The van der Waals surface area contributed by atoms with Crippen molar-refractivity contribution in [2.24, 2.45) is 0 Å². The minimum absolute atomic E-state index is 0.126. The number of rotatable bonds is 5. The number of carbonyl (C=O) groups is 2. The van der Waals surface area contributed by atoms with Crippen LogP contribution < -0.4 is 5.32 Å². The molecule has 0 bridgehead atoms. The third-order valence-electron chi connectivity index (χ3n) is 3.67. The SMILES string of the molecule is CC[C@@H](C(=O)Nc1cc(C(=O)O)ccc1C)c1ccccc1. The van der Waals surface area contributed by atoms with E-state index in [9.17, 15) is 9.59 Å². The molecule has 1 atom stereocenters. The van der Waals surface area contributed by atoms with E-state index in [1.165, 1.54) is 12.1 Å². The summed E-state index contributed by atoms with van der Waals surface area (Å²) in [6.07, 6.45) is 0.674. The number of anilines is 1. The van der Waals surface area contributed by atoms with Gasteiger partial charge in [0.05, 0.1) is 11.5 Å². The van der Waals surface area contributed by atoms with Crippen LogP contribution in [0.5, 0.6) is 0 Å². The highest BCUT2D eigenvalue weighted by atomic mass is 16.4. The Morgan fingerprint density at radius 1 is 1.14 bits per heavy atom. The quantitative estimate of drug-likeness (QED) is 0.881. The second-order valence-corrected chi connectivity index (χ2v) is 5.20. The molecule has 0 spiro atoms. The lowest BCUT2D eigenvalue weighted by atomic mass is 9.95. The Labute approximate surface area is 129 Å². The molecule has 2 N–H and O–H groups in total. The molecule has 2 rings (SSSR count). The summed E-state index contributed by atoms with van der Waals surface area (Å²) in [6, 6.07) is 14.3. The number of carboxylic acid groups (broad SMARTS) is 1. The summed E-state index contributed by atoms with van der Waals surface area (Å²) in [7, 11) is 0. The minimum Gasteiger partial charge on any atom is -0.478 e. The van der Waals surface area contributed by atoms with Gasteiger partial charge in [-0.3, -0.25) is 4.79 Å². The first-order valence-electron chi connectivity index (χ1n) is 7.22. The Bertz CT molecular complexity index is 680. The van der Waals surface area contributed by atoms with Crippen molar-refractivity contribution >= 4 is 17.6 Å². The number of hydrogen-bond acceptors (Lipinski definition) is 2. The standard InChI is InChI=1S/C18H19NO3/c1-3-15(13-7-5-4-6-8-13)17(20)19-16-11-14(18(21)22)10-9-12(16)2/h4-11,15H,3H2,1-2H3,(H,19,20)(H,21,22)/t15-/m1/s1. The molecule has 0 radical (unpaired) electrons. The highest BCUT2D eigenvalue weighted by Gasteiger charge is 2.19. The molecule has 0 saturated carbocycles. The first-order chi connectivity index (χ1) is 10.5. The molecule has 0 aliphatic carbocycles. The first kappa shape index (κ1) is 15.8. The highest BCUT2D eigenvalue weighted by Crippen LogP contribution is 2.23. The van der Waals surface area contributed by atoms with Crippen LogP contribution in [0, 0.1) is 6.92 Å². The lowest BCUT2D eigenvalue weighted by molar-refractivity contribution is -0.117. The fourth-order valence-electron chi connectivity index (χ4n) is 2.37. The van der Waals surface area contributed by atoms with Crippen LogP contribution in [0.2, 0.25) is 0 Å². The third-order valence-corrected chi connectivity index (χ3v) is 3.67. The minimum atomic E-state index is -1.01. The van der Waals surface area contributed by atoms with Crippen LogP contribution in [0.3, 0.4) is 0 Å². The van der Waals surface area contributed by atoms with Crippen molar-refractivity contribution in [3.8, 4) is 0 Å². The molecule has 0 saturated heterocycles. The van der Waals surface area contributed by atoms with Crippen molar-refractivity contribution in [3.63, 3.8) is 0 Å². The first-order valence-corrected chi connectivity index (χ1v) is 7.22. The van der Waals surface area contributed by atoms with Gasteiger partial charge in [-0.25, -0.2) is 4.79 Å². The summed E-state index contributed by atoms with van der Waals surface area (Å²) in [4.78, 5) is 23.6. The van der Waals surface area contributed by atoms with Crippen LogP contribution in [0.15, 0.2) is 48.5 Å². The van der Waals surface area contributed by atoms with Gasteiger partial charge >= 0.3 is 5.97 Å². The van der Waals surface area contributed by atoms with Gasteiger partial charge in [-0.05, 0) is 36.6 Å². The van der Waals surface area contributed by atoms with E-state index >= 15 is 0 Å². The van der Waals surface area contributed by atoms with Crippen molar-refractivity contribution in [3.05, 3.63) is 65.2 Å². The smallest absolute Gasteiger partial charge is 0.335 e. The molecule has 22 heavy (non-hydrogen) atoms. The van der Waals surface area contributed by atoms with E-state index in [0.29, 0.717) is 12.1 Å². The maximum atomic E-state index is 12.5. The monoisotopic (exact) mass is 297 g/mol. The maximum Gasteiger partial charge on any atom is 0.335 e. The van der Waals surface area contributed by atoms with E-state index in [1.54, 1.807) is 6.07 Å². The lowest BCUT2D eigenvalue weighted by Gasteiger charge is -2.17. The predicted molar refractivity (Wildman–Crippen MR) is 86.2 cm³/mol. The summed E-state index contributed by atoms with van der Waals surface area (Å²) in [5.74, 6) is -1.39. The molecular weight excluding hydrogens is 278 g/mol. The van der Waals surface area contributed by atoms with E-state index in [2.05, 4.69) is 5.32 Å². The van der Waals surface area contributed by atoms with E-state index < -0.39 is 5.97 Å². The van der Waals surface area contributed by atoms with Crippen LogP contribution in [-0.2, 0) is 4.79 Å². The molecule has 0 unspecified atom stereocenters. The normalized spacial score (nSPS) is 11.7. The average molecular weight is 297 g/mol. The van der Waals surface area contributed by atoms with E-state index in [4.69, 9.17) is 5.11 Å². The Hall–Kier alpha value is -2.62. The summed E-state index contributed by atoms with van der Waals surface area (Å²) in [6.45, 7) is 3.79. The zero-order chi connectivity index (χ0) is 16.1. The van der Waals surface area contributed by atoms with Crippen molar-refractivity contribution < 1.29 is 14.7 Å². The van der Waals surface area contributed by atoms with Gasteiger partial charge in [-0.2, -0.15) is 0 Å². The van der Waals surface area contributed by atoms with E-state index in [0.717, 1.165) is 11.1 Å². The molecule has 114 valence electrons. The fraction of sp³-hybridized carbons (Fsp3) is 0.222. The van der Waals surface area contributed by atoms with Crippen molar-refractivity contribution in [1.82, 2.24) is 0 Å². The number of hydrogen-bond donors (Lipinski definition) is 2. The average Bonchev–Trinajstić information content (AvgIpc) is 2.51. The maximum absolute atomic E-state index is 12.5. The van der Waals surface area contributed by atoms with Crippen LogP contribution in [0.4, 0.5) is 5.69 Å². The molecule has 0 aliphatic heterocycles. The van der Waals surface area contributed by atoms with Gasteiger partial charge in [0.25, 0.3) is 0 Å². The number of aryl methyl sites for hydroxylation is 1. The van der Waals surface area contributed by atoms with Crippen molar-refractivity contribution in [1.29, 1.82) is 0 Å². The molecule has 0 fully saturated rings. The molecule has 0 aliphatic rings. The molecule has 2 aromatic rings. The summed E-state index contributed by atoms with van der Waals surface area (Å²) >= 11 is 0. The second-order valence-electron chi connectivity index (χ2n) is 5.20. The summed E-state index contributed by atoms with van der Waals surface area (Å²) in [5, 5.41) is 11.9. The topological polar surface area (TPSA) is 66.4 Å². The lowest BCUT2D eigenvalue weighted by Crippen LogP contribution is -2.21. The Balaban J connectivity index is 2.24. The molecule has 0 aromatic heterocycles. The Kier molecular flexibility index (Phi) is 4.94. The highest BCUT2D eigenvalue weighted by molar-refractivity contribution is 5.98. The number of carbonyl (C=O) groups excluding carboxylic acids is 1. The number of nitrogens with one attached hydrogen (secondary N) is 1. The third kappa shape index (κ3) is 3.52. The van der Waals surface area contributed by atoms with Gasteiger partial charge in [-0.1, -0.05) is 43.3 Å². The molecule has 1 amide bonds. The molecule has 2 aromatic carbocycles. The van der Waals surface area contributed by atoms with Gasteiger partial charge < -0.3 is 10.4 Å². The number of carboxylic acids is 1. The van der Waals surface area contributed by atoms with Gasteiger partial charge in [0.15, 0.2) is 0 Å². The number of benzene rings is 2. The fourth-order valence-corrected chi connectivity index (χ4v) is 2.37. The van der Waals surface area contributed by atoms with Crippen LogP contribution in [-0.4, -0.2) is 17.0 Å². The van der Waals surface area contributed by atoms with E-state index in [-0.39, 0.29) is 17.4 Å². The molecular formula is C18H19NO3. The molecule has 4 heteroatoms. The number of aromatic carboxylic acids is 1. The Morgan fingerprint density at radius 2 is 1.82 bits per heavy atom. The zero-order valence-electron chi connectivity index (χ0n) is 12.7. The van der Waals surface area contributed by atoms with Gasteiger partial charge in [0, 0.05) is 5.69 Å². The zero-order valence-corrected chi connectivity index (χ0v) is 12.7. The van der Waals surface area contributed by atoms with Crippen molar-refractivity contribution in [2.75, 3.05) is 5.32 Å². The Morgan fingerprint density at radius 3 is 2.41 bits per heavy atom. The largest absolute Gasteiger partial charge is 0.478 e. The molecule has 4 nitrogen and oxygen atoms in total. The van der Waals surface area contributed by atoms with Gasteiger partial charge in [0.1, 0.15) is 0 Å². The second kappa shape index (κ2) is 6.89. The van der Waals surface area contributed by atoms with Gasteiger partial charge in [0.2, 0.25) is 5.91 Å². The summed E-state index contributed by atoms with van der Waals surface area (Å²) in [5.41, 5.74) is 2.49. The van der Waals surface area contributed by atoms with Gasteiger partial charge in [-0.15, -0.1) is 0 Å². The van der Waals surface area contributed by atoms with Crippen LogP contribution >= 0.6 is 0 Å².